The zero-order chi connectivity index (χ0) is 12.0. The van der Waals surface area contributed by atoms with Crippen molar-refractivity contribution in [2.45, 2.75) is 26.1 Å². The number of rotatable bonds is 4. The second-order valence-corrected chi connectivity index (χ2v) is 4.13. The van der Waals surface area contributed by atoms with E-state index in [4.69, 9.17) is 9.47 Å². The molecule has 16 heavy (non-hydrogen) atoms. The fourth-order valence-electron chi connectivity index (χ4n) is 0.994. The molecule has 0 saturated carbocycles. The van der Waals surface area contributed by atoms with E-state index in [1.165, 1.54) is 0 Å². The Kier molecular flexibility index (Phi) is 4.31. The maximum absolute atomic E-state index is 11.1. The van der Waals surface area contributed by atoms with Gasteiger partial charge in [0.05, 0.1) is 5.60 Å². The Labute approximate surface area is 94.8 Å². The first-order valence-corrected chi connectivity index (χ1v) is 5.03. The van der Waals surface area contributed by atoms with Crippen LogP contribution in [0.1, 0.15) is 19.4 Å². The third-order valence-electron chi connectivity index (χ3n) is 1.74. The summed E-state index contributed by atoms with van der Waals surface area (Å²) in [5.41, 5.74) is -0.145. The van der Waals surface area contributed by atoms with Gasteiger partial charge in [0.25, 0.3) is 0 Å². The average molecular weight is 224 g/mol. The largest absolute Gasteiger partial charge is 0.508 e. The van der Waals surface area contributed by atoms with E-state index in [9.17, 15) is 9.90 Å². The maximum Gasteiger partial charge on any atom is 0.508 e. The molecule has 88 valence electrons. The highest BCUT2D eigenvalue weighted by molar-refractivity contribution is 5.59. The third kappa shape index (κ3) is 5.36. The summed E-state index contributed by atoms with van der Waals surface area (Å²) < 4.78 is 9.57. The first kappa shape index (κ1) is 12.5. The molecule has 1 rings (SSSR count). The number of hydrogen-bond donors (Lipinski definition) is 1. The first-order valence-electron chi connectivity index (χ1n) is 5.03. The Morgan fingerprint density at radius 1 is 1.25 bits per heavy atom. The van der Waals surface area contributed by atoms with Crippen molar-refractivity contribution in [1.29, 1.82) is 0 Å². The van der Waals surface area contributed by atoms with Gasteiger partial charge in [-0.15, -0.1) is 0 Å². The Hall–Kier alpha value is -1.55. The monoisotopic (exact) mass is 224 g/mol. The molecule has 0 bridgehead atoms. The van der Waals surface area contributed by atoms with Crippen LogP contribution < -0.4 is 0 Å². The quantitative estimate of drug-likeness (QED) is 0.796. The highest BCUT2D eigenvalue weighted by atomic mass is 16.7. The minimum Gasteiger partial charge on any atom is -0.431 e. The summed E-state index contributed by atoms with van der Waals surface area (Å²) in [6.45, 7) is 3.20. The van der Waals surface area contributed by atoms with Crippen LogP contribution in [0, 0.1) is 0 Å². The summed E-state index contributed by atoms with van der Waals surface area (Å²) in [5.74, 6) is 0. The van der Waals surface area contributed by atoms with Gasteiger partial charge in [-0.05, 0) is 19.4 Å². The van der Waals surface area contributed by atoms with E-state index < -0.39 is 11.8 Å². The van der Waals surface area contributed by atoms with Crippen molar-refractivity contribution in [2.24, 2.45) is 0 Å². The van der Waals surface area contributed by atoms with Gasteiger partial charge >= 0.3 is 6.16 Å². The number of hydrogen-bond acceptors (Lipinski definition) is 4. The number of ether oxygens (including phenoxy) is 2. The van der Waals surface area contributed by atoms with Crippen molar-refractivity contribution in [1.82, 2.24) is 0 Å². The van der Waals surface area contributed by atoms with Crippen LogP contribution in [0.3, 0.4) is 0 Å². The van der Waals surface area contributed by atoms with Crippen LogP contribution in [0.5, 0.6) is 0 Å². The van der Waals surface area contributed by atoms with E-state index in [0.717, 1.165) is 5.56 Å². The molecule has 0 amide bonds. The van der Waals surface area contributed by atoms with E-state index in [0.29, 0.717) is 0 Å². The van der Waals surface area contributed by atoms with Crippen molar-refractivity contribution in [3.05, 3.63) is 35.9 Å². The molecular formula is C12H16O4. The van der Waals surface area contributed by atoms with Gasteiger partial charge in [0.1, 0.15) is 13.2 Å². The molecular weight excluding hydrogens is 208 g/mol. The molecule has 4 heteroatoms. The number of carbonyl (C=O) groups is 1. The molecule has 0 heterocycles. The average Bonchev–Trinajstić information content (AvgIpc) is 2.24. The molecule has 0 radical (unpaired) electrons. The van der Waals surface area contributed by atoms with Crippen molar-refractivity contribution >= 4 is 6.16 Å². The fourth-order valence-corrected chi connectivity index (χ4v) is 0.994. The Morgan fingerprint density at radius 3 is 2.44 bits per heavy atom. The number of carbonyl (C=O) groups excluding carboxylic acids is 1. The van der Waals surface area contributed by atoms with Gasteiger partial charge in [-0.3, -0.25) is 0 Å². The lowest BCUT2D eigenvalue weighted by Crippen LogP contribution is -2.28. The van der Waals surface area contributed by atoms with Gasteiger partial charge in [-0.25, -0.2) is 4.79 Å². The standard InChI is InChI=1S/C12H16O4/c1-12(2,14)9-16-11(13)15-8-10-6-4-3-5-7-10/h3-7,14H,8-9H2,1-2H3. The molecule has 0 unspecified atom stereocenters. The van der Waals surface area contributed by atoms with Crippen LogP contribution in [-0.2, 0) is 16.1 Å². The Morgan fingerprint density at radius 2 is 1.88 bits per heavy atom. The zero-order valence-electron chi connectivity index (χ0n) is 9.47. The molecule has 0 aliphatic rings. The Bertz CT molecular complexity index is 327. The van der Waals surface area contributed by atoms with E-state index in [2.05, 4.69) is 0 Å². The summed E-state index contributed by atoms with van der Waals surface area (Å²) in [6, 6.07) is 9.31. The van der Waals surface area contributed by atoms with Crippen LogP contribution in [0.4, 0.5) is 4.79 Å². The van der Waals surface area contributed by atoms with Crippen LogP contribution in [0.2, 0.25) is 0 Å². The predicted molar refractivity (Wildman–Crippen MR) is 58.9 cm³/mol. The lowest BCUT2D eigenvalue weighted by molar-refractivity contribution is -0.0221. The van der Waals surface area contributed by atoms with Crippen molar-refractivity contribution in [2.75, 3.05) is 6.61 Å². The van der Waals surface area contributed by atoms with Crippen LogP contribution >= 0.6 is 0 Å². The SMILES string of the molecule is CC(C)(O)COC(=O)OCc1ccccc1. The van der Waals surface area contributed by atoms with Gasteiger partial charge in [0, 0.05) is 0 Å². The zero-order valence-corrected chi connectivity index (χ0v) is 9.47. The smallest absolute Gasteiger partial charge is 0.431 e. The van der Waals surface area contributed by atoms with Gasteiger partial charge in [-0.2, -0.15) is 0 Å². The molecule has 0 aliphatic carbocycles. The molecule has 0 spiro atoms. The normalized spacial score (nSPS) is 10.9. The molecule has 0 aromatic heterocycles. The summed E-state index contributed by atoms with van der Waals surface area (Å²) in [6.07, 6.45) is -0.772. The second-order valence-electron chi connectivity index (χ2n) is 4.13. The molecule has 1 aromatic carbocycles. The second kappa shape index (κ2) is 5.51. The topological polar surface area (TPSA) is 55.8 Å². The highest BCUT2D eigenvalue weighted by Gasteiger charge is 2.16. The van der Waals surface area contributed by atoms with Crippen molar-refractivity contribution < 1.29 is 19.4 Å². The van der Waals surface area contributed by atoms with Crippen molar-refractivity contribution in [3.63, 3.8) is 0 Å². The summed E-state index contributed by atoms with van der Waals surface area (Å²) in [4.78, 5) is 11.1. The van der Waals surface area contributed by atoms with Gasteiger partial charge < -0.3 is 14.6 Å². The number of aliphatic hydroxyl groups is 1. The van der Waals surface area contributed by atoms with Crippen LogP contribution in [-0.4, -0.2) is 23.5 Å². The highest BCUT2D eigenvalue weighted by Crippen LogP contribution is 2.04. The molecule has 4 nitrogen and oxygen atoms in total. The maximum atomic E-state index is 11.1. The van der Waals surface area contributed by atoms with Crippen LogP contribution in [0.25, 0.3) is 0 Å². The molecule has 0 aliphatic heterocycles. The Balaban J connectivity index is 2.26. The van der Waals surface area contributed by atoms with Gasteiger partial charge in [-0.1, -0.05) is 30.3 Å². The lowest BCUT2D eigenvalue weighted by atomic mass is 10.2. The summed E-state index contributed by atoms with van der Waals surface area (Å²) in [7, 11) is 0. The van der Waals surface area contributed by atoms with Gasteiger partial charge in [0.2, 0.25) is 0 Å². The van der Waals surface area contributed by atoms with E-state index in [1.54, 1.807) is 13.8 Å². The molecule has 0 atom stereocenters. The fraction of sp³-hybridized carbons (Fsp3) is 0.417. The molecule has 0 fully saturated rings. The van der Waals surface area contributed by atoms with E-state index in [1.807, 2.05) is 30.3 Å². The van der Waals surface area contributed by atoms with E-state index in [-0.39, 0.29) is 13.2 Å². The summed E-state index contributed by atoms with van der Waals surface area (Å²) >= 11 is 0. The minimum atomic E-state index is -1.04. The third-order valence-corrected chi connectivity index (χ3v) is 1.74. The van der Waals surface area contributed by atoms with Crippen LogP contribution in [0.15, 0.2) is 30.3 Å². The number of benzene rings is 1. The first-order chi connectivity index (χ1) is 7.47. The van der Waals surface area contributed by atoms with Gasteiger partial charge in [0.15, 0.2) is 0 Å². The lowest BCUT2D eigenvalue weighted by Gasteiger charge is -2.16. The molecule has 1 aromatic rings. The summed E-state index contributed by atoms with van der Waals surface area (Å²) in [5, 5.41) is 9.32. The van der Waals surface area contributed by atoms with Crippen molar-refractivity contribution in [3.8, 4) is 0 Å². The molecule has 0 saturated heterocycles. The minimum absolute atomic E-state index is 0.0827. The predicted octanol–water partition coefficient (Wildman–Crippen LogP) is 2.11. The molecule has 1 N–H and O–H groups in total. The van der Waals surface area contributed by atoms with E-state index >= 15 is 0 Å².